The van der Waals surface area contributed by atoms with Crippen LogP contribution in [0.1, 0.15) is 19.4 Å². The smallest absolute Gasteiger partial charge is 0.165 e. The van der Waals surface area contributed by atoms with Crippen LogP contribution in [0.5, 0.6) is 5.75 Å². The summed E-state index contributed by atoms with van der Waals surface area (Å²) in [7, 11) is 5.02. The molecule has 0 saturated carbocycles. The molecule has 1 N–H and O–H groups in total. The van der Waals surface area contributed by atoms with Crippen LogP contribution >= 0.6 is 0 Å². The second-order valence-electron chi connectivity index (χ2n) is 4.82. The summed E-state index contributed by atoms with van der Waals surface area (Å²) in [5.74, 6) is -0.0640. The van der Waals surface area contributed by atoms with Crippen molar-refractivity contribution in [2.45, 2.75) is 31.9 Å². The summed E-state index contributed by atoms with van der Waals surface area (Å²) in [6.45, 7) is 4.02. The van der Waals surface area contributed by atoms with Gasteiger partial charge in [-0.3, -0.25) is 0 Å². The molecule has 0 saturated heterocycles. The van der Waals surface area contributed by atoms with Gasteiger partial charge in [-0.25, -0.2) is 4.39 Å². The molecule has 102 valence electrons. The maximum absolute atomic E-state index is 13.6. The highest BCUT2D eigenvalue weighted by Crippen LogP contribution is 2.22. The summed E-state index contributed by atoms with van der Waals surface area (Å²) in [6, 6.07) is 5.14. The minimum absolute atomic E-state index is 0.107. The van der Waals surface area contributed by atoms with E-state index in [4.69, 9.17) is 9.47 Å². The Hall–Kier alpha value is -1.13. The Labute approximate surface area is 108 Å². The number of halogens is 1. The lowest BCUT2D eigenvalue weighted by atomic mass is 9.92. The van der Waals surface area contributed by atoms with Crippen molar-refractivity contribution in [2.24, 2.45) is 0 Å². The second kappa shape index (κ2) is 6.16. The number of hydrogen-bond acceptors (Lipinski definition) is 3. The number of nitrogens with one attached hydrogen (secondary N) is 1. The van der Waals surface area contributed by atoms with Gasteiger partial charge in [-0.05, 0) is 45.0 Å². The molecule has 4 heteroatoms. The maximum atomic E-state index is 13.6. The molecule has 0 amide bonds. The summed E-state index contributed by atoms with van der Waals surface area (Å²) in [6.07, 6.45) is 0.693. The predicted molar refractivity (Wildman–Crippen MR) is 70.6 cm³/mol. The molecule has 0 aromatic heterocycles. The van der Waals surface area contributed by atoms with E-state index in [1.54, 1.807) is 13.2 Å². The zero-order valence-corrected chi connectivity index (χ0v) is 11.7. The van der Waals surface area contributed by atoms with Gasteiger partial charge in [0.2, 0.25) is 0 Å². The zero-order chi connectivity index (χ0) is 13.8. The van der Waals surface area contributed by atoms with E-state index >= 15 is 0 Å². The molecule has 1 unspecified atom stereocenters. The van der Waals surface area contributed by atoms with Crippen LogP contribution in [0.4, 0.5) is 4.39 Å². The number of methoxy groups -OCH3 is 2. The van der Waals surface area contributed by atoms with Gasteiger partial charge in [0.1, 0.15) is 0 Å². The molecule has 0 bridgehead atoms. The third-order valence-corrected chi connectivity index (χ3v) is 3.37. The summed E-state index contributed by atoms with van der Waals surface area (Å²) >= 11 is 0. The average molecular weight is 255 g/mol. The number of ether oxygens (including phenoxy) is 2. The minimum Gasteiger partial charge on any atom is -0.494 e. The van der Waals surface area contributed by atoms with Gasteiger partial charge in [0.25, 0.3) is 0 Å². The predicted octanol–water partition coefficient (Wildman–Crippen LogP) is 2.39. The third-order valence-electron chi connectivity index (χ3n) is 3.37. The number of rotatable bonds is 6. The van der Waals surface area contributed by atoms with Crippen LogP contribution in [0.15, 0.2) is 18.2 Å². The molecule has 0 aliphatic rings. The highest BCUT2D eigenvalue weighted by Gasteiger charge is 2.28. The van der Waals surface area contributed by atoms with Crippen molar-refractivity contribution in [3.8, 4) is 5.75 Å². The fourth-order valence-electron chi connectivity index (χ4n) is 1.91. The molecule has 3 nitrogen and oxygen atoms in total. The van der Waals surface area contributed by atoms with Crippen LogP contribution < -0.4 is 10.1 Å². The van der Waals surface area contributed by atoms with Crippen molar-refractivity contribution in [1.82, 2.24) is 5.32 Å². The van der Waals surface area contributed by atoms with Crippen molar-refractivity contribution >= 4 is 0 Å². The summed E-state index contributed by atoms with van der Waals surface area (Å²) in [5.41, 5.74) is 0.600. The van der Waals surface area contributed by atoms with Gasteiger partial charge in [-0.2, -0.15) is 0 Å². The molecular formula is C14H22FNO2. The third kappa shape index (κ3) is 3.43. The standard InChI is InChI=1S/C14H22FNO2/c1-14(2,18-5)13(16-3)9-10-6-7-12(17-4)11(15)8-10/h6-8,13,16H,9H2,1-5H3. The van der Waals surface area contributed by atoms with Crippen LogP contribution in [0, 0.1) is 5.82 Å². The van der Waals surface area contributed by atoms with Gasteiger partial charge in [0, 0.05) is 13.2 Å². The molecule has 1 aromatic rings. The minimum atomic E-state index is -0.333. The fraction of sp³-hybridized carbons (Fsp3) is 0.571. The Bertz CT molecular complexity index is 393. The van der Waals surface area contributed by atoms with Gasteiger partial charge in [-0.1, -0.05) is 6.07 Å². The Morgan fingerprint density at radius 2 is 2.00 bits per heavy atom. The van der Waals surface area contributed by atoms with Crippen LogP contribution in [0.3, 0.4) is 0 Å². The molecule has 1 rings (SSSR count). The van der Waals surface area contributed by atoms with Crippen molar-refractivity contribution in [2.75, 3.05) is 21.3 Å². The van der Waals surface area contributed by atoms with Gasteiger partial charge in [-0.15, -0.1) is 0 Å². The van der Waals surface area contributed by atoms with Crippen LogP contribution in [0.25, 0.3) is 0 Å². The van der Waals surface area contributed by atoms with E-state index in [2.05, 4.69) is 5.32 Å². The largest absolute Gasteiger partial charge is 0.494 e. The lowest BCUT2D eigenvalue weighted by Crippen LogP contribution is -2.48. The van der Waals surface area contributed by atoms with Gasteiger partial charge >= 0.3 is 0 Å². The topological polar surface area (TPSA) is 30.5 Å². The van der Waals surface area contributed by atoms with Crippen molar-refractivity contribution in [1.29, 1.82) is 0 Å². The summed E-state index contributed by atoms with van der Waals surface area (Å²) in [4.78, 5) is 0. The van der Waals surface area contributed by atoms with Gasteiger partial charge in [0.15, 0.2) is 11.6 Å². The van der Waals surface area contributed by atoms with E-state index in [0.717, 1.165) is 5.56 Å². The number of likely N-dealkylation sites (N-methyl/N-ethyl adjacent to an activating group) is 1. The highest BCUT2D eigenvalue weighted by atomic mass is 19.1. The Morgan fingerprint density at radius 3 is 2.44 bits per heavy atom. The van der Waals surface area contributed by atoms with E-state index in [-0.39, 0.29) is 23.2 Å². The van der Waals surface area contributed by atoms with Crippen molar-refractivity contribution in [3.05, 3.63) is 29.6 Å². The molecule has 0 aliphatic carbocycles. The zero-order valence-electron chi connectivity index (χ0n) is 11.7. The number of hydrogen-bond donors (Lipinski definition) is 1. The first-order chi connectivity index (χ1) is 8.44. The normalized spacial score (nSPS) is 13.4. The van der Waals surface area contributed by atoms with E-state index in [0.29, 0.717) is 6.42 Å². The molecule has 18 heavy (non-hydrogen) atoms. The first kappa shape index (κ1) is 14.9. The van der Waals surface area contributed by atoms with Crippen LogP contribution in [-0.4, -0.2) is 32.9 Å². The summed E-state index contributed by atoms with van der Waals surface area (Å²) in [5, 5.41) is 3.21. The first-order valence-corrected chi connectivity index (χ1v) is 5.99. The van der Waals surface area contributed by atoms with E-state index in [1.165, 1.54) is 13.2 Å². The molecule has 0 heterocycles. The Morgan fingerprint density at radius 1 is 1.33 bits per heavy atom. The molecule has 0 spiro atoms. The first-order valence-electron chi connectivity index (χ1n) is 5.99. The van der Waals surface area contributed by atoms with E-state index < -0.39 is 0 Å². The van der Waals surface area contributed by atoms with E-state index in [9.17, 15) is 4.39 Å². The van der Waals surface area contributed by atoms with Crippen LogP contribution in [0.2, 0.25) is 0 Å². The number of benzene rings is 1. The molecule has 0 aliphatic heterocycles. The quantitative estimate of drug-likeness (QED) is 0.846. The van der Waals surface area contributed by atoms with Gasteiger partial charge in [0.05, 0.1) is 12.7 Å². The summed E-state index contributed by atoms with van der Waals surface area (Å²) < 4.78 is 24.0. The Balaban J connectivity index is 2.86. The molecule has 0 fully saturated rings. The van der Waals surface area contributed by atoms with E-state index in [1.807, 2.05) is 27.0 Å². The SMILES string of the molecule is CNC(Cc1ccc(OC)c(F)c1)C(C)(C)OC. The van der Waals surface area contributed by atoms with Gasteiger partial charge < -0.3 is 14.8 Å². The average Bonchev–Trinajstić information content (AvgIpc) is 2.35. The Kier molecular flexibility index (Phi) is 5.11. The molecule has 1 aromatic carbocycles. The second-order valence-corrected chi connectivity index (χ2v) is 4.82. The maximum Gasteiger partial charge on any atom is 0.165 e. The van der Waals surface area contributed by atoms with Crippen LogP contribution in [-0.2, 0) is 11.2 Å². The fourth-order valence-corrected chi connectivity index (χ4v) is 1.91. The monoisotopic (exact) mass is 255 g/mol. The lowest BCUT2D eigenvalue weighted by Gasteiger charge is -2.33. The lowest BCUT2D eigenvalue weighted by molar-refractivity contribution is -0.00799. The molecule has 0 radical (unpaired) electrons. The molecular weight excluding hydrogens is 233 g/mol. The highest BCUT2D eigenvalue weighted by molar-refractivity contribution is 5.30. The van der Waals surface area contributed by atoms with Crippen molar-refractivity contribution in [3.63, 3.8) is 0 Å². The molecule has 1 atom stereocenters. The van der Waals surface area contributed by atoms with Crippen molar-refractivity contribution < 1.29 is 13.9 Å².